The van der Waals surface area contributed by atoms with Crippen molar-refractivity contribution >= 4 is 17.5 Å². The van der Waals surface area contributed by atoms with Crippen LogP contribution in [0.3, 0.4) is 0 Å². The Bertz CT molecular complexity index is 606. The molecule has 0 bridgehead atoms. The summed E-state index contributed by atoms with van der Waals surface area (Å²) in [5, 5.41) is 0.393. The van der Waals surface area contributed by atoms with Gasteiger partial charge in [0.15, 0.2) is 0 Å². The number of benzene rings is 2. The number of nitrogens with zero attached hydrogens (tertiary/aromatic N) is 1. The highest BCUT2D eigenvalue weighted by Crippen LogP contribution is 2.48. The van der Waals surface area contributed by atoms with Gasteiger partial charge in [-0.25, -0.2) is 0 Å². The Balaban J connectivity index is 1.81. The van der Waals surface area contributed by atoms with E-state index < -0.39 is 0 Å². The number of aliphatic imine (C=N–C) groups is 1. The quantitative estimate of drug-likeness (QED) is 0.780. The second kappa shape index (κ2) is 5.45. The van der Waals surface area contributed by atoms with Crippen LogP contribution < -0.4 is 0 Å². The average molecular weight is 281 g/mol. The van der Waals surface area contributed by atoms with Crippen molar-refractivity contribution in [2.45, 2.75) is 30.4 Å². The predicted octanol–water partition coefficient (Wildman–Crippen LogP) is 4.89. The standard InChI is InChI=1S/C18H19NS/c1-14-17(16-11-7-4-8-12-16)20-18(2,19-14)13-15-9-5-3-6-10-15/h3-12,17H,13H2,1-2H3/t17-,18+/m1/s1. The fourth-order valence-electron chi connectivity index (χ4n) is 2.79. The zero-order valence-corrected chi connectivity index (χ0v) is 12.7. The van der Waals surface area contributed by atoms with Gasteiger partial charge in [0.05, 0.1) is 5.25 Å². The van der Waals surface area contributed by atoms with E-state index in [-0.39, 0.29) is 4.87 Å². The fraction of sp³-hybridized carbons (Fsp3) is 0.278. The highest BCUT2D eigenvalue weighted by Gasteiger charge is 2.36. The summed E-state index contributed by atoms with van der Waals surface area (Å²) in [5.74, 6) is 0. The van der Waals surface area contributed by atoms with E-state index in [1.807, 2.05) is 11.8 Å². The van der Waals surface area contributed by atoms with Gasteiger partial charge in [-0.15, -0.1) is 11.8 Å². The molecule has 0 fully saturated rings. The summed E-state index contributed by atoms with van der Waals surface area (Å²) in [6.45, 7) is 4.40. The minimum atomic E-state index is -0.0497. The third-order valence-electron chi connectivity index (χ3n) is 3.64. The molecule has 1 heterocycles. The van der Waals surface area contributed by atoms with Crippen molar-refractivity contribution in [1.29, 1.82) is 0 Å². The van der Waals surface area contributed by atoms with Crippen molar-refractivity contribution in [3.8, 4) is 0 Å². The molecular formula is C18H19NS. The molecule has 0 aliphatic carbocycles. The van der Waals surface area contributed by atoms with Crippen molar-refractivity contribution < 1.29 is 0 Å². The van der Waals surface area contributed by atoms with Gasteiger partial charge in [0, 0.05) is 12.1 Å². The Morgan fingerprint density at radius 1 is 1.00 bits per heavy atom. The molecule has 0 N–H and O–H groups in total. The Morgan fingerprint density at radius 2 is 1.60 bits per heavy atom. The zero-order valence-electron chi connectivity index (χ0n) is 11.9. The lowest BCUT2D eigenvalue weighted by molar-refractivity contribution is 0.684. The van der Waals surface area contributed by atoms with E-state index in [0.717, 1.165) is 6.42 Å². The van der Waals surface area contributed by atoms with Crippen LogP contribution in [-0.2, 0) is 6.42 Å². The number of hydrogen-bond acceptors (Lipinski definition) is 2. The minimum Gasteiger partial charge on any atom is -0.275 e. The first-order chi connectivity index (χ1) is 9.66. The van der Waals surface area contributed by atoms with Gasteiger partial charge in [-0.05, 0) is 25.0 Å². The molecule has 0 saturated carbocycles. The van der Waals surface area contributed by atoms with Crippen molar-refractivity contribution in [2.75, 3.05) is 0 Å². The Labute approximate surface area is 125 Å². The Morgan fingerprint density at radius 3 is 2.25 bits per heavy atom. The minimum absolute atomic E-state index is 0.0497. The van der Waals surface area contributed by atoms with Crippen molar-refractivity contribution in [1.82, 2.24) is 0 Å². The molecule has 1 aliphatic rings. The number of hydrogen-bond donors (Lipinski definition) is 0. The van der Waals surface area contributed by atoms with Crippen molar-refractivity contribution in [2.24, 2.45) is 4.99 Å². The summed E-state index contributed by atoms with van der Waals surface area (Å²) in [4.78, 5) is 4.90. The number of thioether (sulfide) groups is 1. The summed E-state index contributed by atoms with van der Waals surface area (Å²) in [7, 11) is 0. The molecule has 2 aromatic rings. The highest BCUT2D eigenvalue weighted by molar-refractivity contribution is 8.01. The van der Waals surface area contributed by atoms with E-state index in [4.69, 9.17) is 4.99 Å². The molecule has 0 radical (unpaired) electrons. The lowest BCUT2D eigenvalue weighted by Gasteiger charge is -2.22. The molecule has 1 nitrogen and oxygen atoms in total. The molecule has 102 valence electrons. The molecule has 20 heavy (non-hydrogen) atoms. The first kappa shape index (κ1) is 13.4. The van der Waals surface area contributed by atoms with Gasteiger partial charge in [-0.2, -0.15) is 0 Å². The van der Waals surface area contributed by atoms with Crippen LogP contribution in [0.4, 0.5) is 0 Å². The van der Waals surface area contributed by atoms with Crippen LogP contribution in [0.15, 0.2) is 65.7 Å². The summed E-state index contributed by atoms with van der Waals surface area (Å²) in [6.07, 6.45) is 0.985. The van der Waals surface area contributed by atoms with Crippen LogP contribution in [0.25, 0.3) is 0 Å². The lowest BCUT2D eigenvalue weighted by Crippen LogP contribution is -2.17. The van der Waals surface area contributed by atoms with E-state index in [1.165, 1.54) is 16.8 Å². The maximum Gasteiger partial charge on any atom is 0.108 e. The summed E-state index contributed by atoms with van der Waals surface area (Å²) in [5.41, 5.74) is 3.95. The van der Waals surface area contributed by atoms with Gasteiger partial charge in [0.1, 0.15) is 4.87 Å². The molecule has 0 amide bonds. The topological polar surface area (TPSA) is 12.4 Å². The molecule has 2 aromatic carbocycles. The molecule has 0 saturated heterocycles. The molecule has 2 heteroatoms. The number of rotatable bonds is 3. The summed E-state index contributed by atoms with van der Waals surface area (Å²) >= 11 is 1.97. The largest absolute Gasteiger partial charge is 0.275 e. The van der Waals surface area contributed by atoms with Gasteiger partial charge >= 0.3 is 0 Å². The first-order valence-corrected chi connectivity index (χ1v) is 7.87. The van der Waals surface area contributed by atoms with Gasteiger partial charge in [-0.1, -0.05) is 60.7 Å². The van der Waals surface area contributed by atoms with Gasteiger partial charge in [0.2, 0.25) is 0 Å². The third-order valence-corrected chi connectivity index (χ3v) is 5.23. The fourth-order valence-corrected chi connectivity index (χ4v) is 4.26. The van der Waals surface area contributed by atoms with Crippen LogP contribution in [0, 0.1) is 0 Å². The Hall–Kier alpha value is -1.54. The van der Waals surface area contributed by atoms with Crippen LogP contribution in [0.1, 0.15) is 30.2 Å². The SMILES string of the molecule is CC1=N[C@](C)(Cc2ccccc2)S[C@H]1c1ccccc1. The lowest BCUT2D eigenvalue weighted by atomic mass is 10.1. The second-order valence-electron chi connectivity index (χ2n) is 5.50. The van der Waals surface area contributed by atoms with Gasteiger partial charge in [-0.3, -0.25) is 4.99 Å². The maximum atomic E-state index is 4.95. The summed E-state index contributed by atoms with van der Waals surface area (Å²) < 4.78 is 0. The van der Waals surface area contributed by atoms with Crippen LogP contribution in [0.5, 0.6) is 0 Å². The first-order valence-electron chi connectivity index (χ1n) is 6.99. The second-order valence-corrected chi connectivity index (χ2v) is 7.09. The normalized spacial score (nSPS) is 25.5. The van der Waals surface area contributed by atoms with Gasteiger partial charge < -0.3 is 0 Å². The highest BCUT2D eigenvalue weighted by atomic mass is 32.2. The molecule has 0 spiro atoms. The van der Waals surface area contributed by atoms with E-state index >= 15 is 0 Å². The van der Waals surface area contributed by atoms with Crippen LogP contribution >= 0.6 is 11.8 Å². The third kappa shape index (κ3) is 2.80. The monoisotopic (exact) mass is 281 g/mol. The van der Waals surface area contributed by atoms with E-state index in [2.05, 4.69) is 74.5 Å². The molecule has 1 aliphatic heterocycles. The summed E-state index contributed by atoms with van der Waals surface area (Å²) in [6, 6.07) is 21.3. The molecule has 3 rings (SSSR count). The smallest absolute Gasteiger partial charge is 0.108 e. The molecule has 2 atom stereocenters. The van der Waals surface area contributed by atoms with Gasteiger partial charge in [0.25, 0.3) is 0 Å². The van der Waals surface area contributed by atoms with E-state index in [0.29, 0.717) is 5.25 Å². The maximum absolute atomic E-state index is 4.95. The average Bonchev–Trinajstić information content (AvgIpc) is 2.76. The molecule has 0 aromatic heterocycles. The van der Waals surface area contributed by atoms with E-state index in [9.17, 15) is 0 Å². The molecule has 0 unspecified atom stereocenters. The van der Waals surface area contributed by atoms with Crippen LogP contribution in [0.2, 0.25) is 0 Å². The predicted molar refractivity (Wildman–Crippen MR) is 88.4 cm³/mol. The Kier molecular flexibility index (Phi) is 3.66. The van der Waals surface area contributed by atoms with Crippen molar-refractivity contribution in [3.63, 3.8) is 0 Å². The van der Waals surface area contributed by atoms with Crippen LogP contribution in [-0.4, -0.2) is 10.6 Å². The molecular weight excluding hydrogens is 262 g/mol. The van der Waals surface area contributed by atoms with Crippen molar-refractivity contribution in [3.05, 3.63) is 71.8 Å². The van der Waals surface area contributed by atoms with E-state index in [1.54, 1.807) is 0 Å². The zero-order chi connectivity index (χ0) is 14.0.